The number of aromatic nitrogens is 4. The Labute approximate surface area is 156 Å². The van der Waals surface area contributed by atoms with Gasteiger partial charge in [0.1, 0.15) is 5.82 Å². The lowest BCUT2D eigenvalue weighted by Gasteiger charge is -2.32. The third-order valence-corrected chi connectivity index (χ3v) is 4.97. The number of benzene rings is 1. The fourth-order valence-electron chi connectivity index (χ4n) is 3.62. The first-order chi connectivity index (χ1) is 13.1. The van der Waals surface area contributed by atoms with E-state index in [1.165, 1.54) is 4.68 Å². The number of rotatable bonds is 3. The molecule has 1 aliphatic heterocycles. The van der Waals surface area contributed by atoms with Crippen molar-refractivity contribution in [3.05, 3.63) is 76.7 Å². The predicted molar refractivity (Wildman–Crippen MR) is 101 cm³/mol. The molecule has 0 N–H and O–H groups in total. The molecule has 2 aromatic heterocycles. The second kappa shape index (κ2) is 7.19. The number of likely N-dealkylation sites (tertiary alicyclic amines) is 1. The summed E-state index contributed by atoms with van der Waals surface area (Å²) in [7, 11) is 1.66. The number of aryl methyl sites for hydroxylation is 1. The fraction of sp³-hybridized carbons (Fsp3) is 0.300. The molecule has 3 aromatic rings. The first-order valence-electron chi connectivity index (χ1n) is 9.06. The molecule has 7 heteroatoms. The van der Waals surface area contributed by atoms with E-state index >= 15 is 0 Å². The zero-order valence-electron chi connectivity index (χ0n) is 15.2. The molecular formula is C20H21N5O2. The van der Waals surface area contributed by atoms with Crippen molar-refractivity contribution >= 4 is 5.91 Å². The van der Waals surface area contributed by atoms with Crippen molar-refractivity contribution in [2.24, 2.45) is 7.05 Å². The van der Waals surface area contributed by atoms with Crippen LogP contribution in [0.2, 0.25) is 0 Å². The summed E-state index contributed by atoms with van der Waals surface area (Å²) in [5.41, 5.74) is 1.25. The van der Waals surface area contributed by atoms with Crippen LogP contribution in [0.3, 0.4) is 0 Å². The summed E-state index contributed by atoms with van der Waals surface area (Å²) in [6.07, 6.45) is 5.02. The third-order valence-electron chi connectivity index (χ3n) is 4.97. The SMILES string of the molecule is Cn1nc([C@H]2CCCN(C(=O)c3ccncc3)C2)n(-c2ccccc2)c1=O. The quantitative estimate of drug-likeness (QED) is 0.713. The van der Waals surface area contributed by atoms with Crippen LogP contribution in [0.4, 0.5) is 0 Å². The molecule has 0 aliphatic carbocycles. The van der Waals surface area contributed by atoms with Gasteiger partial charge < -0.3 is 4.90 Å². The topological polar surface area (TPSA) is 73.0 Å². The van der Waals surface area contributed by atoms with E-state index in [-0.39, 0.29) is 17.5 Å². The molecule has 0 spiro atoms. The number of para-hydroxylation sites is 1. The Morgan fingerprint density at radius 3 is 2.59 bits per heavy atom. The molecule has 27 heavy (non-hydrogen) atoms. The van der Waals surface area contributed by atoms with Gasteiger partial charge in [-0.1, -0.05) is 18.2 Å². The summed E-state index contributed by atoms with van der Waals surface area (Å²) in [4.78, 5) is 31.3. The van der Waals surface area contributed by atoms with Crippen LogP contribution in [0.1, 0.15) is 34.9 Å². The lowest BCUT2D eigenvalue weighted by molar-refractivity contribution is 0.0703. The van der Waals surface area contributed by atoms with E-state index < -0.39 is 0 Å². The molecule has 0 radical (unpaired) electrons. The summed E-state index contributed by atoms with van der Waals surface area (Å²) >= 11 is 0. The number of piperidine rings is 1. The molecule has 1 saturated heterocycles. The van der Waals surface area contributed by atoms with Gasteiger partial charge in [0.05, 0.1) is 5.69 Å². The number of nitrogens with zero attached hydrogens (tertiary/aromatic N) is 5. The highest BCUT2D eigenvalue weighted by atomic mass is 16.2. The predicted octanol–water partition coefficient (Wildman–Crippen LogP) is 1.99. The van der Waals surface area contributed by atoms with Gasteiger partial charge in [0, 0.05) is 44.0 Å². The van der Waals surface area contributed by atoms with Gasteiger partial charge in [-0.05, 0) is 37.1 Å². The monoisotopic (exact) mass is 363 g/mol. The van der Waals surface area contributed by atoms with Crippen LogP contribution in [0, 0.1) is 0 Å². The molecule has 1 aliphatic rings. The van der Waals surface area contributed by atoms with E-state index in [9.17, 15) is 9.59 Å². The van der Waals surface area contributed by atoms with Crippen LogP contribution in [-0.2, 0) is 7.05 Å². The maximum atomic E-state index is 12.8. The standard InChI is InChI=1S/C20H21N5O2/c1-23-20(27)25(17-7-3-2-4-8-17)18(22-23)16-6-5-13-24(14-16)19(26)15-9-11-21-12-10-15/h2-4,7-12,16H,5-6,13-14H2,1H3/t16-/m0/s1. The lowest BCUT2D eigenvalue weighted by Crippen LogP contribution is -2.40. The van der Waals surface area contributed by atoms with Crippen molar-refractivity contribution in [1.82, 2.24) is 24.2 Å². The van der Waals surface area contributed by atoms with Crippen molar-refractivity contribution in [1.29, 1.82) is 0 Å². The van der Waals surface area contributed by atoms with Gasteiger partial charge in [0.2, 0.25) is 0 Å². The van der Waals surface area contributed by atoms with Crippen LogP contribution < -0.4 is 5.69 Å². The Morgan fingerprint density at radius 2 is 1.85 bits per heavy atom. The Hall–Kier alpha value is -3.22. The molecule has 0 bridgehead atoms. The zero-order chi connectivity index (χ0) is 18.8. The Balaban J connectivity index is 1.66. The van der Waals surface area contributed by atoms with Gasteiger partial charge in [-0.25, -0.2) is 14.0 Å². The van der Waals surface area contributed by atoms with Gasteiger partial charge in [-0.2, -0.15) is 5.10 Å². The zero-order valence-corrected chi connectivity index (χ0v) is 15.2. The third kappa shape index (κ3) is 3.28. The van der Waals surface area contributed by atoms with Crippen molar-refractivity contribution in [3.63, 3.8) is 0 Å². The molecule has 1 aromatic carbocycles. The number of amides is 1. The molecule has 7 nitrogen and oxygen atoms in total. The van der Waals surface area contributed by atoms with Crippen LogP contribution in [-0.4, -0.2) is 43.2 Å². The lowest BCUT2D eigenvalue weighted by atomic mass is 9.96. The molecule has 1 fully saturated rings. The smallest absolute Gasteiger partial charge is 0.338 e. The van der Waals surface area contributed by atoms with Crippen LogP contribution in [0.25, 0.3) is 5.69 Å². The van der Waals surface area contributed by atoms with Crippen LogP contribution >= 0.6 is 0 Å². The number of carbonyl (C=O) groups excluding carboxylic acids is 1. The van der Waals surface area contributed by atoms with Crippen LogP contribution in [0.15, 0.2) is 59.7 Å². The van der Waals surface area contributed by atoms with Crippen LogP contribution in [0.5, 0.6) is 0 Å². The molecular weight excluding hydrogens is 342 g/mol. The number of hydrogen-bond donors (Lipinski definition) is 0. The largest absolute Gasteiger partial charge is 0.350 e. The average molecular weight is 363 g/mol. The first kappa shape index (κ1) is 17.2. The minimum atomic E-state index is -0.172. The van der Waals surface area contributed by atoms with E-state index in [4.69, 9.17) is 0 Å². The fourth-order valence-corrected chi connectivity index (χ4v) is 3.62. The summed E-state index contributed by atoms with van der Waals surface area (Å²) in [5.74, 6) is 0.714. The normalized spacial score (nSPS) is 17.1. The summed E-state index contributed by atoms with van der Waals surface area (Å²) in [6.45, 7) is 1.25. The number of carbonyl (C=O) groups is 1. The van der Waals surface area contributed by atoms with Gasteiger partial charge in [-0.3, -0.25) is 9.78 Å². The molecule has 3 heterocycles. The van der Waals surface area contributed by atoms with E-state index in [0.29, 0.717) is 24.5 Å². The molecule has 1 atom stereocenters. The summed E-state index contributed by atoms with van der Waals surface area (Å²) in [6, 6.07) is 13.0. The summed E-state index contributed by atoms with van der Waals surface area (Å²) in [5, 5.41) is 4.50. The maximum Gasteiger partial charge on any atom is 0.350 e. The van der Waals surface area contributed by atoms with Crippen molar-refractivity contribution in [3.8, 4) is 5.69 Å². The van der Waals surface area contributed by atoms with Crippen molar-refractivity contribution in [2.45, 2.75) is 18.8 Å². The molecule has 4 rings (SSSR count). The van der Waals surface area contributed by atoms with E-state index in [1.807, 2.05) is 35.2 Å². The Morgan fingerprint density at radius 1 is 1.11 bits per heavy atom. The summed E-state index contributed by atoms with van der Waals surface area (Å²) < 4.78 is 3.02. The second-order valence-electron chi connectivity index (χ2n) is 6.76. The number of pyridine rings is 1. The highest BCUT2D eigenvalue weighted by Crippen LogP contribution is 2.27. The van der Waals surface area contributed by atoms with Gasteiger partial charge in [-0.15, -0.1) is 0 Å². The van der Waals surface area contributed by atoms with Gasteiger partial charge >= 0.3 is 5.69 Å². The highest BCUT2D eigenvalue weighted by molar-refractivity contribution is 5.94. The maximum absolute atomic E-state index is 12.8. The molecule has 0 unspecified atom stereocenters. The van der Waals surface area contributed by atoms with E-state index in [2.05, 4.69) is 10.1 Å². The van der Waals surface area contributed by atoms with Gasteiger partial charge in [0.15, 0.2) is 0 Å². The minimum absolute atomic E-state index is 0.00774. The van der Waals surface area contributed by atoms with E-state index in [0.717, 1.165) is 18.5 Å². The van der Waals surface area contributed by atoms with Gasteiger partial charge in [0.25, 0.3) is 5.91 Å². The van der Waals surface area contributed by atoms with E-state index in [1.54, 1.807) is 36.1 Å². The Kier molecular flexibility index (Phi) is 4.58. The van der Waals surface area contributed by atoms with Crippen molar-refractivity contribution < 1.29 is 4.79 Å². The first-order valence-corrected chi connectivity index (χ1v) is 9.06. The molecule has 138 valence electrons. The highest BCUT2D eigenvalue weighted by Gasteiger charge is 2.30. The number of hydrogen-bond acceptors (Lipinski definition) is 4. The molecule has 0 saturated carbocycles. The minimum Gasteiger partial charge on any atom is -0.338 e. The molecule has 1 amide bonds. The van der Waals surface area contributed by atoms with Crippen molar-refractivity contribution in [2.75, 3.05) is 13.1 Å². The Bertz CT molecular complexity index is 994. The second-order valence-corrected chi connectivity index (χ2v) is 6.76. The average Bonchev–Trinajstić information content (AvgIpc) is 3.03.